The molecule has 0 aromatic heterocycles. The van der Waals surface area contributed by atoms with Crippen LogP contribution in [0.25, 0.3) is 6.08 Å². The van der Waals surface area contributed by atoms with Gasteiger partial charge in [0.25, 0.3) is 0 Å². The lowest BCUT2D eigenvalue weighted by Gasteiger charge is -2.39. The molecule has 26 heavy (non-hydrogen) atoms. The van der Waals surface area contributed by atoms with E-state index >= 15 is 0 Å². The lowest BCUT2D eigenvalue weighted by atomic mass is 9.88. The van der Waals surface area contributed by atoms with Gasteiger partial charge < -0.3 is 15.1 Å². The largest absolute Gasteiger partial charge is 0.369 e. The van der Waals surface area contributed by atoms with Gasteiger partial charge >= 0.3 is 0 Å². The number of hydrogen-bond donors (Lipinski definition) is 1. The first-order chi connectivity index (χ1) is 12.7. The summed E-state index contributed by atoms with van der Waals surface area (Å²) >= 11 is 0. The summed E-state index contributed by atoms with van der Waals surface area (Å²) in [5, 5.41) is 3.88. The van der Waals surface area contributed by atoms with Gasteiger partial charge in [0.05, 0.1) is 0 Å². The van der Waals surface area contributed by atoms with Gasteiger partial charge in [0, 0.05) is 37.4 Å². The Hall–Kier alpha value is -1.85. The van der Waals surface area contributed by atoms with Crippen molar-refractivity contribution in [3.63, 3.8) is 0 Å². The zero-order chi connectivity index (χ0) is 18.1. The predicted octanol–water partition coefficient (Wildman–Crippen LogP) is 2.66. The third-order valence-electron chi connectivity index (χ3n) is 6.21. The van der Waals surface area contributed by atoms with Crippen LogP contribution >= 0.6 is 0 Å². The molecule has 2 fully saturated rings. The number of fused-ring (bicyclic) bond motifs is 1. The van der Waals surface area contributed by atoms with Crippen molar-refractivity contribution >= 4 is 18.2 Å². The van der Waals surface area contributed by atoms with Gasteiger partial charge in [-0.15, -0.1) is 0 Å². The summed E-state index contributed by atoms with van der Waals surface area (Å²) in [7, 11) is 4.03. The Balaban J connectivity index is 1.68. The maximum atomic E-state index is 11.2. The van der Waals surface area contributed by atoms with Crippen LogP contribution in [0.5, 0.6) is 0 Å². The third kappa shape index (κ3) is 3.38. The summed E-state index contributed by atoms with van der Waals surface area (Å²) in [6, 6.07) is 6.43. The summed E-state index contributed by atoms with van der Waals surface area (Å²) in [5.41, 5.74) is 4.95. The van der Waals surface area contributed by atoms with Crippen molar-refractivity contribution in [1.82, 2.24) is 15.1 Å². The number of carbonyl (C=O) groups is 1. The van der Waals surface area contributed by atoms with Crippen LogP contribution in [-0.2, 0) is 4.79 Å². The number of allylic oxidation sites excluding steroid dienone is 1. The number of nitrogens with zero attached hydrogens (tertiary/aromatic N) is 3. The van der Waals surface area contributed by atoms with E-state index in [-0.39, 0.29) is 6.17 Å². The Morgan fingerprint density at radius 1 is 1.15 bits per heavy atom. The molecule has 0 spiro atoms. The van der Waals surface area contributed by atoms with E-state index in [2.05, 4.69) is 46.4 Å². The van der Waals surface area contributed by atoms with Crippen LogP contribution in [0.15, 0.2) is 23.9 Å². The molecule has 3 aliphatic heterocycles. The smallest absolute Gasteiger partial charge is 0.213 e. The van der Waals surface area contributed by atoms with Crippen LogP contribution in [0.3, 0.4) is 0 Å². The quantitative estimate of drug-likeness (QED) is 0.844. The highest BCUT2D eigenvalue weighted by Crippen LogP contribution is 2.36. The molecule has 1 aromatic rings. The molecular formula is C21H30N4O. The maximum Gasteiger partial charge on any atom is 0.213 e. The minimum atomic E-state index is 0.266. The molecule has 1 unspecified atom stereocenters. The van der Waals surface area contributed by atoms with Crippen LogP contribution in [-0.4, -0.2) is 56.5 Å². The van der Waals surface area contributed by atoms with E-state index in [1.165, 1.54) is 55.6 Å². The van der Waals surface area contributed by atoms with Crippen molar-refractivity contribution in [2.24, 2.45) is 5.92 Å². The van der Waals surface area contributed by atoms with E-state index in [0.29, 0.717) is 5.92 Å². The van der Waals surface area contributed by atoms with E-state index in [1.54, 1.807) is 4.90 Å². The zero-order valence-corrected chi connectivity index (χ0v) is 15.9. The van der Waals surface area contributed by atoms with Gasteiger partial charge in [-0.2, -0.15) is 0 Å². The number of anilines is 1. The summed E-state index contributed by atoms with van der Waals surface area (Å²) in [5.74, 6) is 0.608. The fraction of sp³-hybridized carbons (Fsp3) is 0.571. The first-order valence-corrected chi connectivity index (χ1v) is 9.88. The third-order valence-corrected chi connectivity index (χ3v) is 6.21. The lowest BCUT2D eigenvalue weighted by molar-refractivity contribution is -0.107. The second-order valence-electron chi connectivity index (χ2n) is 8.00. The molecule has 1 N–H and O–H groups in total. The molecule has 1 aromatic carbocycles. The van der Waals surface area contributed by atoms with Gasteiger partial charge in [0.1, 0.15) is 6.17 Å². The van der Waals surface area contributed by atoms with Crippen LogP contribution < -0.4 is 10.2 Å². The molecule has 0 radical (unpaired) electrons. The first kappa shape index (κ1) is 17.6. The number of piperidine rings is 1. The molecule has 1 amide bonds. The Kier molecular flexibility index (Phi) is 5.00. The Bertz CT molecular complexity index is 687. The number of likely N-dealkylation sites (tertiary alicyclic amines) is 2. The van der Waals surface area contributed by atoms with E-state index < -0.39 is 0 Å². The van der Waals surface area contributed by atoms with Crippen LogP contribution in [0.4, 0.5) is 5.69 Å². The highest BCUT2D eigenvalue weighted by molar-refractivity contribution is 5.77. The fourth-order valence-electron chi connectivity index (χ4n) is 4.50. The van der Waals surface area contributed by atoms with Crippen molar-refractivity contribution in [1.29, 1.82) is 0 Å². The number of hydrogen-bond acceptors (Lipinski definition) is 4. The van der Waals surface area contributed by atoms with Gasteiger partial charge in [0.2, 0.25) is 6.41 Å². The Morgan fingerprint density at radius 2 is 1.88 bits per heavy atom. The standard InChI is InChI=1S/C21H30N4O/c1-23-11-7-16(8-12-23)20-14-17-13-18(24(2)15-26)5-6-19(17)21(22-20)25-9-3-4-10-25/h5-6,13-16,21-22H,3-4,7-12H2,1-2H3. The average molecular weight is 354 g/mol. The summed E-state index contributed by atoms with van der Waals surface area (Å²) in [4.78, 5) is 17.8. The molecule has 5 nitrogen and oxygen atoms in total. The minimum absolute atomic E-state index is 0.266. The lowest BCUT2D eigenvalue weighted by Crippen LogP contribution is -2.42. The molecule has 0 aliphatic carbocycles. The summed E-state index contributed by atoms with van der Waals surface area (Å²) in [6.45, 7) is 4.65. The molecule has 5 heteroatoms. The molecule has 0 bridgehead atoms. The first-order valence-electron chi connectivity index (χ1n) is 9.88. The van der Waals surface area contributed by atoms with E-state index in [4.69, 9.17) is 0 Å². The zero-order valence-electron chi connectivity index (χ0n) is 15.9. The molecule has 4 rings (SSSR count). The van der Waals surface area contributed by atoms with Crippen molar-refractivity contribution in [2.75, 3.05) is 45.2 Å². The van der Waals surface area contributed by atoms with E-state index in [0.717, 1.165) is 25.2 Å². The van der Waals surface area contributed by atoms with Crippen LogP contribution in [0.1, 0.15) is 43.0 Å². The normalized spacial score (nSPS) is 24.7. The minimum Gasteiger partial charge on any atom is -0.369 e. The number of carbonyl (C=O) groups excluding carboxylic acids is 1. The van der Waals surface area contributed by atoms with Gasteiger partial charge in [-0.05, 0) is 75.2 Å². The second kappa shape index (κ2) is 7.41. The summed E-state index contributed by atoms with van der Waals surface area (Å²) < 4.78 is 0. The van der Waals surface area contributed by atoms with Gasteiger partial charge in [-0.25, -0.2) is 0 Å². The topological polar surface area (TPSA) is 38.8 Å². The van der Waals surface area contributed by atoms with Gasteiger partial charge in [-0.1, -0.05) is 6.07 Å². The number of rotatable bonds is 4. The molecule has 3 aliphatic rings. The molecule has 1 atom stereocenters. The fourth-order valence-corrected chi connectivity index (χ4v) is 4.50. The molecular weight excluding hydrogens is 324 g/mol. The maximum absolute atomic E-state index is 11.2. The molecule has 0 saturated carbocycles. The highest BCUT2D eigenvalue weighted by Gasteiger charge is 2.31. The van der Waals surface area contributed by atoms with E-state index in [1.807, 2.05) is 7.05 Å². The van der Waals surface area contributed by atoms with Crippen molar-refractivity contribution in [3.05, 3.63) is 35.0 Å². The van der Waals surface area contributed by atoms with E-state index in [9.17, 15) is 4.79 Å². The number of amides is 1. The second-order valence-corrected chi connectivity index (χ2v) is 8.00. The SMILES string of the molecule is CN1CCC(C2=Cc3cc(N(C)C=O)ccc3C(N3CCCC3)N2)CC1. The van der Waals surface area contributed by atoms with Crippen LogP contribution in [0, 0.1) is 5.92 Å². The molecule has 140 valence electrons. The number of nitrogens with one attached hydrogen (secondary N) is 1. The average Bonchev–Trinajstić information content (AvgIpc) is 3.21. The highest BCUT2D eigenvalue weighted by atomic mass is 16.1. The van der Waals surface area contributed by atoms with Gasteiger partial charge in [0.15, 0.2) is 0 Å². The number of benzene rings is 1. The monoisotopic (exact) mass is 354 g/mol. The van der Waals surface area contributed by atoms with Gasteiger partial charge in [-0.3, -0.25) is 9.69 Å². The predicted molar refractivity (Wildman–Crippen MR) is 106 cm³/mol. The van der Waals surface area contributed by atoms with Crippen LogP contribution in [0.2, 0.25) is 0 Å². The summed E-state index contributed by atoms with van der Waals surface area (Å²) in [6.07, 6.45) is 8.47. The molecule has 3 heterocycles. The molecule has 2 saturated heterocycles. The van der Waals surface area contributed by atoms with Crippen molar-refractivity contribution in [2.45, 2.75) is 31.8 Å². The Morgan fingerprint density at radius 3 is 2.58 bits per heavy atom. The van der Waals surface area contributed by atoms with Crippen molar-refractivity contribution in [3.8, 4) is 0 Å². The Labute approximate surface area is 156 Å². The van der Waals surface area contributed by atoms with Crippen molar-refractivity contribution < 1.29 is 4.79 Å².